The summed E-state index contributed by atoms with van der Waals surface area (Å²) in [5.41, 5.74) is -0.918. The largest absolute Gasteiger partial charge is 0.469 e. The number of rotatable bonds is 4. The lowest BCUT2D eigenvalue weighted by molar-refractivity contribution is -0.193. The van der Waals surface area contributed by atoms with Crippen LogP contribution in [0.4, 0.5) is 0 Å². The molecule has 0 aromatic carbocycles. The van der Waals surface area contributed by atoms with E-state index in [4.69, 9.17) is 4.74 Å². The summed E-state index contributed by atoms with van der Waals surface area (Å²) < 4.78 is 5.13. The van der Waals surface area contributed by atoms with Gasteiger partial charge in [-0.25, -0.2) is 0 Å². The van der Waals surface area contributed by atoms with Crippen molar-refractivity contribution < 1.29 is 19.4 Å². The zero-order valence-corrected chi connectivity index (χ0v) is 16.6. The third kappa shape index (κ3) is 3.30. The molecule has 0 spiro atoms. The fourth-order valence-electron chi connectivity index (χ4n) is 5.74. The van der Waals surface area contributed by atoms with Crippen LogP contribution in [-0.2, 0) is 14.3 Å². The summed E-state index contributed by atoms with van der Waals surface area (Å²) in [6.07, 6.45) is 6.26. The van der Waals surface area contributed by atoms with Crippen molar-refractivity contribution in [3.8, 4) is 0 Å². The molecule has 0 amide bonds. The Labute approximate surface area is 152 Å². The molecule has 1 N–H and O–H groups in total. The maximum Gasteiger partial charge on any atom is 0.311 e. The monoisotopic (exact) mass is 350 g/mol. The fraction of sp³-hybridized carbons (Fsp3) is 0.810. The molecule has 25 heavy (non-hydrogen) atoms. The second-order valence-corrected chi connectivity index (χ2v) is 8.87. The lowest BCUT2D eigenvalue weighted by Gasteiger charge is -2.60. The Morgan fingerprint density at radius 2 is 1.84 bits per heavy atom. The molecule has 4 heteroatoms. The number of hydrogen-bond acceptors (Lipinski definition) is 4. The summed E-state index contributed by atoms with van der Waals surface area (Å²) in [4.78, 5) is 25.2. The second kappa shape index (κ2) is 6.86. The average molecular weight is 350 g/mol. The van der Waals surface area contributed by atoms with Gasteiger partial charge in [0.15, 0.2) is 5.78 Å². The summed E-state index contributed by atoms with van der Waals surface area (Å²) in [6, 6.07) is 0. The first-order valence-electron chi connectivity index (χ1n) is 9.50. The van der Waals surface area contributed by atoms with Crippen molar-refractivity contribution in [3.05, 3.63) is 11.6 Å². The molecule has 5 atom stereocenters. The lowest BCUT2D eigenvalue weighted by Crippen LogP contribution is -2.60. The van der Waals surface area contributed by atoms with Gasteiger partial charge >= 0.3 is 5.97 Å². The van der Waals surface area contributed by atoms with E-state index in [1.165, 1.54) is 7.11 Å². The zero-order valence-electron chi connectivity index (χ0n) is 16.6. The summed E-state index contributed by atoms with van der Waals surface area (Å²) in [5.74, 6) is -0.0739. The maximum atomic E-state index is 12.6. The highest BCUT2D eigenvalue weighted by atomic mass is 16.5. The van der Waals surface area contributed by atoms with Crippen LogP contribution in [0.1, 0.15) is 73.1 Å². The number of carbonyl (C=O) groups is 2. The van der Waals surface area contributed by atoms with E-state index in [1.807, 2.05) is 33.8 Å². The van der Waals surface area contributed by atoms with Gasteiger partial charge in [0.2, 0.25) is 0 Å². The molecular formula is C21H34O4. The van der Waals surface area contributed by atoms with Crippen molar-refractivity contribution in [2.24, 2.45) is 22.7 Å². The molecule has 0 aromatic rings. The van der Waals surface area contributed by atoms with E-state index in [0.29, 0.717) is 12.8 Å². The molecule has 2 rings (SSSR count). The Bertz CT molecular complexity index is 576. The molecule has 0 aliphatic heterocycles. The minimum absolute atomic E-state index is 0.0972. The van der Waals surface area contributed by atoms with Crippen LogP contribution in [0.2, 0.25) is 0 Å². The first-order chi connectivity index (χ1) is 11.5. The lowest BCUT2D eigenvalue weighted by atomic mass is 9.44. The van der Waals surface area contributed by atoms with E-state index in [2.05, 4.69) is 6.92 Å². The number of hydrogen-bond donors (Lipinski definition) is 1. The summed E-state index contributed by atoms with van der Waals surface area (Å²) in [5, 5.41) is 11.1. The Hall–Kier alpha value is -1.16. The van der Waals surface area contributed by atoms with Crippen molar-refractivity contribution in [1.29, 1.82) is 0 Å². The highest BCUT2D eigenvalue weighted by Gasteiger charge is 2.61. The number of ketones is 1. The highest BCUT2D eigenvalue weighted by molar-refractivity contribution is 5.95. The van der Waals surface area contributed by atoms with Gasteiger partial charge in [0.05, 0.1) is 18.1 Å². The van der Waals surface area contributed by atoms with Gasteiger partial charge in [-0.3, -0.25) is 9.59 Å². The van der Waals surface area contributed by atoms with Crippen LogP contribution >= 0.6 is 0 Å². The van der Waals surface area contributed by atoms with Gasteiger partial charge < -0.3 is 9.84 Å². The minimum atomic E-state index is -0.886. The van der Waals surface area contributed by atoms with Crippen LogP contribution in [-0.4, -0.2) is 29.6 Å². The Kier molecular flexibility index (Phi) is 5.53. The molecule has 2 fully saturated rings. The van der Waals surface area contributed by atoms with Gasteiger partial charge in [-0.1, -0.05) is 19.4 Å². The van der Waals surface area contributed by atoms with Crippen molar-refractivity contribution in [3.63, 3.8) is 0 Å². The molecule has 2 aliphatic carbocycles. The van der Waals surface area contributed by atoms with Crippen LogP contribution < -0.4 is 0 Å². The molecule has 2 aliphatic rings. The standard InChI is InChI=1S/C21H34O4/c1-7-14(2)15(22)13-17-19(3)10-8-11-20(4,18(23)25-6)16(19)9-12-21(17,5)24/h7,16-17,24H,8-13H2,1-6H3/b14-7+/t16-,17-,19+,20+,21-/m1/s1. The van der Waals surface area contributed by atoms with Gasteiger partial charge in [0.25, 0.3) is 0 Å². The van der Waals surface area contributed by atoms with Crippen molar-refractivity contribution in [2.45, 2.75) is 78.7 Å². The smallest absolute Gasteiger partial charge is 0.311 e. The van der Waals surface area contributed by atoms with Gasteiger partial charge in [-0.05, 0) is 70.3 Å². The minimum Gasteiger partial charge on any atom is -0.469 e. The molecule has 0 aromatic heterocycles. The van der Waals surface area contributed by atoms with Gasteiger partial charge in [0, 0.05) is 12.3 Å². The molecule has 0 radical (unpaired) electrons. The van der Waals surface area contributed by atoms with Gasteiger partial charge in [-0.2, -0.15) is 0 Å². The quantitative estimate of drug-likeness (QED) is 0.613. The first-order valence-corrected chi connectivity index (χ1v) is 9.50. The molecule has 0 bridgehead atoms. The number of aliphatic hydroxyl groups is 1. The fourth-order valence-corrected chi connectivity index (χ4v) is 5.74. The maximum absolute atomic E-state index is 12.6. The topological polar surface area (TPSA) is 63.6 Å². The zero-order chi connectivity index (χ0) is 19.0. The first kappa shape index (κ1) is 20.2. The number of fused-ring (bicyclic) bond motifs is 1. The normalized spacial score (nSPS) is 41.8. The number of carbonyl (C=O) groups excluding carboxylic acids is 2. The molecule has 0 unspecified atom stereocenters. The van der Waals surface area contributed by atoms with E-state index < -0.39 is 11.0 Å². The predicted molar refractivity (Wildman–Crippen MR) is 98.0 cm³/mol. The Morgan fingerprint density at radius 3 is 2.40 bits per heavy atom. The van der Waals surface area contributed by atoms with E-state index in [9.17, 15) is 14.7 Å². The van der Waals surface area contributed by atoms with Crippen LogP contribution in [0, 0.1) is 22.7 Å². The molecule has 2 saturated carbocycles. The number of ether oxygens (including phenoxy) is 1. The van der Waals surface area contributed by atoms with E-state index in [0.717, 1.165) is 31.3 Å². The van der Waals surface area contributed by atoms with Gasteiger partial charge in [0.1, 0.15) is 0 Å². The van der Waals surface area contributed by atoms with Crippen molar-refractivity contribution in [1.82, 2.24) is 0 Å². The summed E-state index contributed by atoms with van der Waals surface area (Å²) in [6.45, 7) is 9.75. The third-order valence-corrected chi connectivity index (χ3v) is 7.38. The summed E-state index contributed by atoms with van der Waals surface area (Å²) >= 11 is 0. The molecule has 4 nitrogen and oxygen atoms in total. The Morgan fingerprint density at radius 1 is 1.20 bits per heavy atom. The predicted octanol–water partition coefficient (Wildman–Crippen LogP) is 4.06. The number of methoxy groups -OCH3 is 1. The van der Waals surface area contributed by atoms with E-state index in [-0.39, 0.29) is 29.0 Å². The third-order valence-electron chi connectivity index (χ3n) is 7.38. The van der Waals surface area contributed by atoms with E-state index in [1.54, 1.807) is 0 Å². The molecule has 142 valence electrons. The van der Waals surface area contributed by atoms with Gasteiger partial charge in [-0.15, -0.1) is 0 Å². The van der Waals surface area contributed by atoms with Crippen molar-refractivity contribution >= 4 is 11.8 Å². The Balaban J connectivity index is 2.43. The van der Waals surface area contributed by atoms with Crippen molar-refractivity contribution in [2.75, 3.05) is 7.11 Å². The second-order valence-electron chi connectivity index (χ2n) is 8.87. The molecular weight excluding hydrogens is 316 g/mol. The van der Waals surface area contributed by atoms with E-state index >= 15 is 0 Å². The number of allylic oxidation sites excluding steroid dienone is 2. The SMILES string of the molecule is C/C=C(\C)C(=O)C[C@@H]1[C@@]2(C)CCC[C@](C)(C(=O)OC)[C@@H]2CC[C@@]1(C)O. The average Bonchev–Trinajstić information content (AvgIpc) is 2.56. The number of Topliss-reactive ketones (excluding diaryl/α,β-unsaturated/α-hetero) is 1. The van der Waals surface area contributed by atoms with Crippen LogP contribution in [0.15, 0.2) is 11.6 Å². The van der Waals surface area contributed by atoms with Crippen LogP contribution in [0.3, 0.4) is 0 Å². The number of esters is 1. The van der Waals surface area contributed by atoms with Crippen LogP contribution in [0.25, 0.3) is 0 Å². The van der Waals surface area contributed by atoms with Crippen LogP contribution in [0.5, 0.6) is 0 Å². The molecule has 0 saturated heterocycles. The summed E-state index contributed by atoms with van der Waals surface area (Å²) in [7, 11) is 1.45. The highest BCUT2D eigenvalue weighted by Crippen LogP contribution is 2.63. The molecule has 0 heterocycles.